The SMILES string of the molecule is Cc1cccn2c(=O)c3cc(C(=O)NC4C=CCCC4)n(C)c3nc12. The van der Waals surface area contributed by atoms with E-state index in [4.69, 9.17) is 0 Å². The molecule has 1 unspecified atom stereocenters. The highest BCUT2D eigenvalue weighted by atomic mass is 16.2. The van der Waals surface area contributed by atoms with Crippen LogP contribution in [0.1, 0.15) is 35.3 Å². The molecule has 4 rings (SSSR count). The third kappa shape index (κ3) is 2.54. The Kier molecular flexibility index (Phi) is 3.67. The number of nitrogens with one attached hydrogen (secondary N) is 1. The summed E-state index contributed by atoms with van der Waals surface area (Å²) in [4.78, 5) is 30.1. The van der Waals surface area contributed by atoms with E-state index in [9.17, 15) is 9.59 Å². The minimum Gasteiger partial charge on any atom is -0.345 e. The molecular weight excluding hydrogens is 316 g/mol. The van der Waals surface area contributed by atoms with E-state index in [2.05, 4.69) is 16.4 Å². The number of hydrogen-bond acceptors (Lipinski definition) is 3. The largest absolute Gasteiger partial charge is 0.345 e. The average Bonchev–Trinajstić information content (AvgIpc) is 2.94. The quantitative estimate of drug-likeness (QED) is 0.730. The maximum absolute atomic E-state index is 12.8. The lowest BCUT2D eigenvalue weighted by Gasteiger charge is -2.18. The molecule has 6 nitrogen and oxygen atoms in total. The van der Waals surface area contributed by atoms with Gasteiger partial charge in [0.15, 0.2) is 0 Å². The van der Waals surface area contributed by atoms with Crippen LogP contribution in [0.2, 0.25) is 0 Å². The molecule has 1 N–H and O–H groups in total. The Morgan fingerprint density at radius 2 is 2.20 bits per heavy atom. The monoisotopic (exact) mass is 336 g/mol. The van der Waals surface area contributed by atoms with Crippen LogP contribution in [0.4, 0.5) is 0 Å². The molecule has 3 aromatic heterocycles. The molecule has 25 heavy (non-hydrogen) atoms. The molecule has 1 aliphatic carbocycles. The standard InChI is InChI=1S/C19H20N4O2/c1-12-7-6-10-23-16(12)21-17-14(19(23)25)11-15(22(17)2)18(24)20-13-8-4-3-5-9-13/h4,6-8,10-11,13H,3,5,9H2,1-2H3,(H,20,24). The second-order valence-corrected chi connectivity index (χ2v) is 6.57. The van der Waals surface area contributed by atoms with E-state index in [0.29, 0.717) is 22.4 Å². The average molecular weight is 336 g/mol. The Hall–Kier alpha value is -2.89. The highest BCUT2D eigenvalue weighted by molar-refractivity contribution is 5.98. The molecule has 1 amide bonds. The van der Waals surface area contributed by atoms with Gasteiger partial charge >= 0.3 is 0 Å². The molecule has 1 atom stereocenters. The lowest BCUT2D eigenvalue weighted by molar-refractivity contribution is 0.0934. The molecule has 0 saturated heterocycles. The van der Waals surface area contributed by atoms with Gasteiger partial charge in [0.1, 0.15) is 17.0 Å². The topological polar surface area (TPSA) is 68.4 Å². The number of amides is 1. The molecule has 6 heteroatoms. The third-order valence-electron chi connectivity index (χ3n) is 4.83. The van der Waals surface area contributed by atoms with Crippen LogP contribution in [0, 0.1) is 6.92 Å². The Balaban J connectivity index is 1.83. The second kappa shape index (κ2) is 5.88. The zero-order valence-corrected chi connectivity index (χ0v) is 14.3. The van der Waals surface area contributed by atoms with Crippen molar-refractivity contribution in [3.63, 3.8) is 0 Å². The number of fused-ring (bicyclic) bond motifs is 2. The van der Waals surface area contributed by atoms with Crippen molar-refractivity contribution in [3.05, 3.63) is 58.2 Å². The maximum Gasteiger partial charge on any atom is 0.268 e. The van der Waals surface area contributed by atoms with Crippen molar-refractivity contribution < 1.29 is 4.79 Å². The normalized spacial score (nSPS) is 17.3. The Morgan fingerprint density at radius 1 is 1.36 bits per heavy atom. The lowest BCUT2D eigenvalue weighted by Crippen LogP contribution is -2.35. The number of aromatic nitrogens is 3. The molecule has 0 aromatic carbocycles. The van der Waals surface area contributed by atoms with Crippen molar-refractivity contribution in [1.29, 1.82) is 0 Å². The Labute approximate surface area is 144 Å². The van der Waals surface area contributed by atoms with Crippen molar-refractivity contribution in [2.45, 2.75) is 32.2 Å². The molecular formula is C19H20N4O2. The first-order valence-corrected chi connectivity index (χ1v) is 8.51. The number of carbonyl (C=O) groups excluding carboxylic acids is 1. The Bertz CT molecular complexity index is 1070. The number of carbonyl (C=O) groups is 1. The van der Waals surface area contributed by atoms with Gasteiger partial charge in [-0.1, -0.05) is 18.2 Å². The van der Waals surface area contributed by atoms with Crippen molar-refractivity contribution in [3.8, 4) is 0 Å². The Morgan fingerprint density at radius 3 is 2.96 bits per heavy atom. The summed E-state index contributed by atoms with van der Waals surface area (Å²) in [6, 6.07) is 5.43. The summed E-state index contributed by atoms with van der Waals surface area (Å²) >= 11 is 0. The summed E-state index contributed by atoms with van der Waals surface area (Å²) in [5.41, 5.74) is 2.36. The molecule has 3 heterocycles. The van der Waals surface area contributed by atoms with E-state index in [1.807, 2.05) is 25.1 Å². The molecule has 1 aliphatic rings. The van der Waals surface area contributed by atoms with Crippen molar-refractivity contribution in [2.24, 2.45) is 7.05 Å². The zero-order chi connectivity index (χ0) is 17.6. The van der Waals surface area contributed by atoms with Crippen molar-refractivity contribution in [2.75, 3.05) is 0 Å². The fourth-order valence-electron chi connectivity index (χ4n) is 3.42. The lowest BCUT2D eigenvalue weighted by atomic mass is 10.0. The molecule has 128 valence electrons. The first-order valence-electron chi connectivity index (χ1n) is 8.51. The van der Waals surface area contributed by atoms with Crippen molar-refractivity contribution >= 4 is 22.6 Å². The van der Waals surface area contributed by atoms with Crippen LogP contribution in [0.15, 0.2) is 41.3 Å². The van der Waals surface area contributed by atoms with E-state index in [1.54, 1.807) is 23.9 Å². The molecule has 0 radical (unpaired) electrons. The van der Waals surface area contributed by atoms with E-state index in [-0.39, 0.29) is 17.5 Å². The van der Waals surface area contributed by atoms with Crippen LogP contribution in [0.25, 0.3) is 16.7 Å². The summed E-state index contributed by atoms with van der Waals surface area (Å²) in [6.45, 7) is 1.92. The predicted molar refractivity (Wildman–Crippen MR) is 96.9 cm³/mol. The van der Waals surface area contributed by atoms with Crippen LogP contribution in [0.3, 0.4) is 0 Å². The number of pyridine rings is 1. The first kappa shape index (κ1) is 15.6. The van der Waals surface area contributed by atoms with Gasteiger partial charge < -0.3 is 9.88 Å². The summed E-state index contributed by atoms with van der Waals surface area (Å²) < 4.78 is 3.23. The van der Waals surface area contributed by atoms with Crippen LogP contribution in [-0.4, -0.2) is 25.9 Å². The van der Waals surface area contributed by atoms with Crippen molar-refractivity contribution in [1.82, 2.24) is 19.3 Å². The highest BCUT2D eigenvalue weighted by Crippen LogP contribution is 2.17. The van der Waals surface area contributed by atoms with Crippen LogP contribution in [0.5, 0.6) is 0 Å². The van der Waals surface area contributed by atoms with E-state index < -0.39 is 0 Å². The van der Waals surface area contributed by atoms with Gasteiger partial charge in [-0.25, -0.2) is 4.98 Å². The van der Waals surface area contributed by atoms with Crippen LogP contribution < -0.4 is 10.9 Å². The van der Waals surface area contributed by atoms with Gasteiger partial charge in [-0.2, -0.15) is 0 Å². The van der Waals surface area contributed by atoms with Gasteiger partial charge in [0.05, 0.1) is 5.39 Å². The minimum atomic E-state index is -0.178. The minimum absolute atomic E-state index is 0.0506. The molecule has 0 fully saturated rings. The second-order valence-electron chi connectivity index (χ2n) is 6.57. The number of nitrogens with zero attached hydrogens (tertiary/aromatic N) is 3. The first-order chi connectivity index (χ1) is 12.1. The molecule has 0 spiro atoms. The molecule has 0 saturated carbocycles. The summed E-state index contributed by atoms with van der Waals surface area (Å²) in [6.07, 6.45) is 8.91. The van der Waals surface area contributed by atoms with Crippen LogP contribution >= 0.6 is 0 Å². The van der Waals surface area contributed by atoms with E-state index in [1.165, 1.54) is 4.40 Å². The molecule has 0 aliphatic heterocycles. The molecule has 3 aromatic rings. The zero-order valence-electron chi connectivity index (χ0n) is 14.3. The number of hydrogen-bond donors (Lipinski definition) is 1. The van der Waals surface area contributed by atoms with Crippen LogP contribution in [-0.2, 0) is 7.05 Å². The van der Waals surface area contributed by atoms with Gasteiger partial charge in [-0.15, -0.1) is 0 Å². The molecule has 0 bridgehead atoms. The van der Waals surface area contributed by atoms with E-state index in [0.717, 1.165) is 24.8 Å². The van der Waals surface area contributed by atoms with Gasteiger partial charge in [0, 0.05) is 19.3 Å². The highest BCUT2D eigenvalue weighted by Gasteiger charge is 2.20. The van der Waals surface area contributed by atoms with Gasteiger partial charge in [-0.3, -0.25) is 14.0 Å². The fourth-order valence-corrected chi connectivity index (χ4v) is 3.42. The summed E-state index contributed by atoms with van der Waals surface area (Å²) in [7, 11) is 1.77. The third-order valence-corrected chi connectivity index (χ3v) is 4.83. The predicted octanol–water partition coefficient (Wildman–Crippen LogP) is 2.33. The fraction of sp³-hybridized carbons (Fsp3) is 0.316. The maximum atomic E-state index is 12.8. The smallest absolute Gasteiger partial charge is 0.268 e. The summed E-state index contributed by atoms with van der Waals surface area (Å²) in [5, 5.41) is 3.48. The van der Waals surface area contributed by atoms with Gasteiger partial charge in [0.25, 0.3) is 11.5 Å². The number of allylic oxidation sites excluding steroid dienone is 1. The van der Waals surface area contributed by atoms with Gasteiger partial charge in [0.2, 0.25) is 0 Å². The number of rotatable bonds is 2. The van der Waals surface area contributed by atoms with Gasteiger partial charge in [-0.05, 0) is 43.9 Å². The summed E-state index contributed by atoms with van der Waals surface area (Å²) in [5.74, 6) is -0.178. The number of aryl methyl sites for hydroxylation is 2. The van der Waals surface area contributed by atoms with E-state index >= 15 is 0 Å².